The number of hydrogen-bond acceptors (Lipinski definition) is 1. The first-order chi connectivity index (χ1) is 6.26. The summed E-state index contributed by atoms with van der Waals surface area (Å²) in [7, 11) is 1.95. The van der Waals surface area contributed by atoms with Gasteiger partial charge in [-0.1, -0.05) is 18.2 Å². The van der Waals surface area contributed by atoms with Crippen molar-refractivity contribution < 1.29 is 4.39 Å². The Kier molecular flexibility index (Phi) is 2.08. The Hall–Kier alpha value is -0.890. The molecule has 0 heterocycles. The molecule has 2 rings (SSSR count). The monoisotopic (exact) mass is 179 g/mol. The molecule has 0 atom stereocenters. The van der Waals surface area contributed by atoms with E-state index in [1.54, 1.807) is 6.07 Å². The highest BCUT2D eigenvalue weighted by Crippen LogP contribution is 2.38. The van der Waals surface area contributed by atoms with E-state index in [2.05, 4.69) is 5.32 Å². The molecule has 0 aromatic heterocycles. The molecule has 2 heteroatoms. The summed E-state index contributed by atoms with van der Waals surface area (Å²) in [4.78, 5) is 0. The van der Waals surface area contributed by atoms with Gasteiger partial charge in [0.05, 0.1) is 0 Å². The van der Waals surface area contributed by atoms with Gasteiger partial charge in [-0.05, 0) is 37.9 Å². The molecule has 1 nitrogen and oxygen atoms in total. The molecule has 1 aromatic carbocycles. The summed E-state index contributed by atoms with van der Waals surface area (Å²) in [6.45, 7) is 0. The molecule has 1 aliphatic rings. The van der Waals surface area contributed by atoms with Gasteiger partial charge in [0, 0.05) is 5.54 Å². The summed E-state index contributed by atoms with van der Waals surface area (Å²) in [5.74, 6) is -0.0796. The lowest BCUT2D eigenvalue weighted by molar-refractivity contribution is 0.524. The molecule has 0 radical (unpaired) electrons. The molecule has 70 valence electrons. The number of nitrogens with one attached hydrogen (secondary N) is 1. The number of likely N-dealkylation sites (N-methyl/N-ethyl adjacent to an activating group) is 1. The highest BCUT2D eigenvalue weighted by molar-refractivity contribution is 5.22. The first-order valence-corrected chi connectivity index (χ1v) is 4.68. The minimum absolute atomic E-state index is 0.0796. The fraction of sp³-hybridized carbons (Fsp3) is 0.455. The van der Waals surface area contributed by atoms with Crippen molar-refractivity contribution in [2.24, 2.45) is 0 Å². The predicted octanol–water partition coefficient (Wildman–Crippen LogP) is 2.12. The van der Waals surface area contributed by atoms with E-state index >= 15 is 0 Å². The summed E-state index contributed by atoms with van der Waals surface area (Å²) in [5, 5.41) is 3.26. The lowest BCUT2D eigenvalue weighted by Gasteiger charge is -2.13. The molecule has 1 fully saturated rings. The molecular formula is C11H14FN. The molecule has 0 unspecified atom stereocenters. The minimum atomic E-state index is -0.0796. The van der Waals surface area contributed by atoms with Crippen molar-refractivity contribution in [3.8, 4) is 0 Å². The van der Waals surface area contributed by atoms with Crippen molar-refractivity contribution in [2.45, 2.75) is 24.8 Å². The first-order valence-electron chi connectivity index (χ1n) is 4.68. The van der Waals surface area contributed by atoms with Gasteiger partial charge in [-0.3, -0.25) is 0 Å². The fourth-order valence-electron chi connectivity index (χ4n) is 1.67. The summed E-state index contributed by atoms with van der Waals surface area (Å²) >= 11 is 0. The molecular weight excluding hydrogens is 165 g/mol. The molecule has 0 amide bonds. The van der Waals surface area contributed by atoms with Gasteiger partial charge in [0.1, 0.15) is 5.82 Å². The van der Waals surface area contributed by atoms with Gasteiger partial charge in [0.2, 0.25) is 0 Å². The molecule has 13 heavy (non-hydrogen) atoms. The second kappa shape index (κ2) is 3.11. The van der Waals surface area contributed by atoms with Crippen LogP contribution in [0.1, 0.15) is 18.4 Å². The van der Waals surface area contributed by atoms with E-state index in [1.165, 1.54) is 6.07 Å². The minimum Gasteiger partial charge on any atom is -0.314 e. The molecule has 1 aliphatic carbocycles. The molecule has 1 aromatic rings. The summed E-state index contributed by atoms with van der Waals surface area (Å²) in [6, 6.07) is 7.02. The van der Waals surface area contributed by atoms with Crippen molar-refractivity contribution in [1.82, 2.24) is 5.32 Å². The van der Waals surface area contributed by atoms with E-state index in [9.17, 15) is 4.39 Å². The normalized spacial score (nSPS) is 18.6. The van der Waals surface area contributed by atoms with Gasteiger partial charge < -0.3 is 5.32 Å². The van der Waals surface area contributed by atoms with Gasteiger partial charge >= 0.3 is 0 Å². The average molecular weight is 179 g/mol. The van der Waals surface area contributed by atoms with Crippen LogP contribution in [0, 0.1) is 5.82 Å². The van der Waals surface area contributed by atoms with Crippen LogP contribution in [0.4, 0.5) is 4.39 Å². The lowest BCUT2D eigenvalue weighted by Crippen LogP contribution is -2.29. The van der Waals surface area contributed by atoms with Crippen LogP contribution in [0.5, 0.6) is 0 Å². The zero-order valence-corrected chi connectivity index (χ0v) is 7.81. The Morgan fingerprint density at radius 1 is 1.38 bits per heavy atom. The number of halogens is 1. The maximum absolute atomic E-state index is 13.3. The van der Waals surface area contributed by atoms with E-state index < -0.39 is 0 Å². The van der Waals surface area contributed by atoms with Crippen LogP contribution < -0.4 is 5.32 Å². The quantitative estimate of drug-likeness (QED) is 0.749. The van der Waals surface area contributed by atoms with Crippen molar-refractivity contribution >= 4 is 0 Å². The third-order valence-electron chi connectivity index (χ3n) is 2.87. The van der Waals surface area contributed by atoms with Crippen molar-refractivity contribution in [3.63, 3.8) is 0 Å². The van der Waals surface area contributed by atoms with Crippen LogP contribution in [0.15, 0.2) is 24.3 Å². The topological polar surface area (TPSA) is 12.0 Å². The lowest BCUT2D eigenvalue weighted by atomic mass is 10.0. The van der Waals surface area contributed by atoms with Crippen LogP contribution >= 0.6 is 0 Å². The highest BCUT2D eigenvalue weighted by atomic mass is 19.1. The largest absolute Gasteiger partial charge is 0.314 e. The maximum atomic E-state index is 13.3. The molecule has 0 spiro atoms. The van der Waals surface area contributed by atoms with E-state index in [0.717, 1.165) is 24.8 Å². The van der Waals surface area contributed by atoms with E-state index in [4.69, 9.17) is 0 Å². The first kappa shape index (κ1) is 8.70. The summed E-state index contributed by atoms with van der Waals surface area (Å²) in [5.41, 5.74) is 1.02. The van der Waals surface area contributed by atoms with Crippen molar-refractivity contribution in [2.75, 3.05) is 7.05 Å². The second-order valence-corrected chi connectivity index (χ2v) is 3.80. The number of rotatable bonds is 3. The highest BCUT2D eigenvalue weighted by Gasteiger charge is 2.41. The second-order valence-electron chi connectivity index (χ2n) is 3.80. The van der Waals surface area contributed by atoms with Gasteiger partial charge in [-0.15, -0.1) is 0 Å². The number of benzene rings is 1. The van der Waals surface area contributed by atoms with Gasteiger partial charge in [-0.25, -0.2) is 4.39 Å². The molecule has 1 saturated carbocycles. The van der Waals surface area contributed by atoms with Crippen LogP contribution in [-0.2, 0) is 6.42 Å². The van der Waals surface area contributed by atoms with Crippen LogP contribution in [-0.4, -0.2) is 12.6 Å². The van der Waals surface area contributed by atoms with E-state index in [0.29, 0.717) is 0 Å². The summed E-state index contributed by atoms with van der Waals surface area (Å²) < 4.78 is 13.3. The van der Waals surface area contributed by atoms with Crippen LogP contribution in [0.3, 0.4) is 0 Å². The Morgan fingerprint density at radius 3 is 2.62 bits per heavy atom. The van der Waals surface area contributed by atoms with Gasteiger partial charge in [0.15, 0.2) is 0 Å². The van der Waals surface area contributed by atoms with Crippen molar-refractivity contribution in [1.29, 1.82) is 0 Å². The summed E-state index contributed by atoms with van der Waals surface area (Å²) in [6.07, 6.45) is 3.14. The Balaban J connectivity index is 2.14. The Bertz CT molecular complexity index is 305. The average Bonchev–Trinajstić information content (AvgIpc) is 2.90. The zero-order valence-electron chi connectivity index (χ0n) is 7.81. The van der Waals surface area contributed by atoms with Crippen LogP contribution in [0.25, 0.3) is 0 Å². The van der Waals surface area contributed by atoms with Gasteiger partial charge in [0.25, 0.3) is 0 Å². The van der Waals surface area contributed by atoms with Crippen LogP contribution in [0.2, 0.25) is 0 Å². The Labute approximate surface area is 78.0 Å². The molecule has 1 N–H and O–H groups in total. The third-order valence-corrected chi connectivity index (χ3v) is 2.87. The zero-order chi connectivity index (χ0) is 9.31. The molecule has 0 saturated heterocycles. The van der Waals surface area contributed by atoms with E-state index in [1.807, 2.05) is 19.2 Å². The predicted molar refractivity (Wildman–Crippen MR) is 51.1 cm³/mol. The van der Waals surface area contributed by atoms with Crippen molar-refractivity contribution in [3.05, 3.63) is 35.6 Å². The Morgan fingerprint density at radius 2 is 2.08 bits per heavy atom. The fourth-order valence-corrected chi connectivity index (χ4v) is 1.67. The SMILES string of the molecule is CNC1(Cc2ccccc2F)CC1. The number of hydrogen-bond donors (Lipinski definition) is 1. The van der Waals surface area contributed by atoms with E-state index in [-0.39, 0.29) is 11.4 Å². The smallest absolute Gasteiger partial charge is 0.126 e. The maximum Gasteiger partial charge on any atom is 0.126 e. The molecule has 0 bridgehead atoms. The van der Waals surface area contributed by atoms with Gasteiger partial charge in [-0.2, -0.15) is 0 Å². The third kappa shape index (κ3) is 1.73. The molecule has 0 aliphatic heterocycles. The standard InChI is InChI=1S/C11H14FN/c1-13-11(6-7-11)8-9-4-2-3-5-10(9)12/h2-5,13H,6-8H2,1H3.